The van der Waals surface area contributed by atoms with Gasteiger partial charge in [0.15, 0.2) is 5.82 Å². The molecule has 0 radical (unpaired) electrons. The Hall–Kier alpha value is -2.38. The highest BCUT2D eigenvalue weighted by Gasteiger charge is 2.12. The molecule has 4 N–H and O–H groups in total. The number of anilines is 3. The maximum Gasteiger partial charge on any atom is 0.253 e. The first-order valence-electron chi connectivity index (χ1n) is 6.61. The van der Waals surface area contributed by atoms with Gasteiger partial charge in [-0.1, -0.05) is 23.7 Å². The molecule has 0 saturated heterocycles. The fourth-order valence-corrected chi connectivity index (χ4v) is 1.90. The van der Waals surface area contributed by atoms with Gasteiger partial charge in [0.2, 0.25) is 5.95 Å². The van der Waals surface area contributed by atoms with Crippen LogP contribution in [0.25, 0.3) is 0 Å². The average molecular weight is 322 g/mol. The highest BCUT2D eigenvalue weighted by atomic mass is 35.5. The summed E-state index contributed by atoms with van der Waals surface area (Å²) >= 11 is 6.07. The molecule has 22 heavy (non-hydrogen) atoms. The van der Waals surface area contributed by atoms with Crippen molar-refractivity contribution in [3.8, 4) is 0 Å². The van der Waals surface area contributed by atoms with E-state index in [0.717, 1.165) is 0 Å². The third kappa shape index (κ3) is 3.84. The molecule has 1 aromatic heterocycles. The van der Waals surface area contributed by atoms with Crippen LogP contribution in [0, 0.1) is 0 Å². The Morgan fingerprint density at radius 1 is 1.36 bits per heavy atom. The zero-order valence-electron chi connectivity index (χ0n) is 11.9. The molecule has 7 nitrogen and oxygen atoms in total. The van der Waals surface area contributed by atoms with Crippen LogP contribution in [0.5, 0.6) is 0 Å². The summed E-state index contributed by atoms with van der Waals surface area (Å²) < 4.78 is 0. The van der Waals surface area contributed by atoms with Crippen molar-refractivity contribution in [3.05, 3.63) is 41.0 Å². The van der Waals surface area contributed by atoms with Crippen LogP contribution in [0.1, 0.15) is 10.4 Å². The van der Waals surface area contributed by atoms with Crippen LogP contribution < -0.4 is 16.0 Å². The molecule has 2 aromatic rings. The third-order valence-corrected chi connectivity index (χ3v) is 3.07. The number of amides is 1. The van der Waals surface area contributed by atoms with Gasteiger partial charge in [-0.05, 0) is 12.1 Å². The molecular formula is C14H16ClN5O2. The van der Waals surface area contributed by atoms with E-state index in [1.54, 1.807) is 31.3 Å². The summed E-state index contributed by atoms with van der Waals surface area (Å²) in [5, 5.41) is 17.6. The summed E-state index contributed by atoms with van der Waals surface area (Å²) in [5.74, 6) is 0.508. The maximum atomic E-state index is 12.1. The first-order chi connectivity index (χ1) is 10.7. The zero-order valence-corrected chi connectivity index (χ0v) is 12.7. The summed E-state index contributed by atoms with van der Waals surface area (Å²) in [6.07, 6.45) is 1.47. The number of aromatic nitrogens is 2. The van der Waals surface area contributed by atoms with Crippen molar-refractivity contribution >= 4 is 35.0 Å². The normalized spacial score (nSPS) is 10.1. The quantitative estimate of drug-likeness (QED) is 0.645. The van der Waals surface area contributed by atoms with Gasteiger partial charge in [-0.2, -0.15) is 4.98 Å². The Morgan fingerprint density at radius 2 is 2.14 bits per heavy atom. The second-order valence-electron chi connectivity index (χ2n) is 4.29. The number of nitrogens with one attached hydrogen (secondary N) is 3. The number of carbonyl (C=O) groups is 1. The van der Waals surface area contributed by atoms with Gasteiger partial charge < -0.3 is 21.1 Å². The Morgan fingerprint density at radius 3 is 2.86 bits per heavy atom. The predicted molar refractivity (Wildman–Crippen MR) is 85.7 cm³/mol. The van der Waals surface area contributed by atoms with E-state index in [1.807, 2.05) is 0 Å². The Labute approximate surface area is 132 Å². The van der Waals surface area contributed by atoms with E-state index < -0.39 is 0 Å². The van der Waals surface area contributed by atoms with Crippen molar-refractivity contribution in [1.29, 1.82) is 0 Å². The minimum absolute atomic E-state index is 0.120. The molecule has 0 unspecified atom stereocenters. The van der Waals surface area contributed by atoms with Gasteiger partial charge >= 0.3 is 0 Å². The van der Waals surface area contributed by atoms with Crippen molar-refractivity contribution in [2.24, 2.45) is 0 Å². The van der Waals surface area contributed by atoms with Gasteiger partial charge in [0, 0.05) is 13.6 Å². The predicted octanol–water partition coefficient (Wildman–Crippen LogP) is 1.64. The molecular weight excluding hydrogens is 306 g/mol. The fraction of sp³-hybridized carbons (Fsp3) is 0.214. The van der Waals surface area contributed by atoms with Gasteiger partial charge in [-0.15, -0.1) is 0 Å². The lowest BCUT2D eigenvalue weighted by Gasteiger charge is -2.12. The monoisotopic (exact) mass is 321 g/mol. The standard InChI is InChI=1S/C14H16ClN5O2/c1-16-14-18-8-10(15)12(20-14)19-11-5-3-2-4-9(11)13(22)17-6-7-21/h2-5,8,21H,6-7H2,1H3,(H,17,22)(H2,16,18,19,20). The van der Waals surface area contributed by atoms with Crippen LogP contribution in [0.3, 0.4) is 0 Å². The minimum Gasteiger partial charge on any atom is -0.395 e. The van der Waals surface area contributed by atoms with Crippen molar-refractivity contribution < 1.29 is 9.90 Å². The molecule has 0 saturated carbocycles. The van der Waals surface area contributed by atoms with Crippen LogP contribution in [0.2, 0.25) is 5.02 Å². The fourth-order valence-electron chi connectivity index (χ4n) is 1.76. The van der Waals surface area contributed by atoms with Crippen molar-refractivity contribution in [1.82, 2.24) is 15.3 Å². The van der Waals surface area contributed by atoms with E-state index in [-0.39, 0.29) is 19.1 Å². The number of rotatable bonds is 6. The zero-order chi connectivity index (χ0) is 15.9. The molecule has 1 heterocycles. The molecule has 2 rings (SSSR count). The van der Waals surface area contributed by atoms with E-state index in [1.165, 1.54) is 6.20 Å². The number of para-hydroxylation sites is 1. The number of aliphatic hydroxyl groups excluding tert-OH is 1. The second-order valence-corrected chi connectivity index (χ2v) is 4.70. The van der Waals surface area contributed by atoms with Gasteiger partial charge in [-0.3, -0.25) is 4.79 Å². The van der Waals surface area contributed by atoms with E-state index in [0.29, 0.717) is 28.0 Å². The number of hydrogen-bond donors (Lipinski definition) is 4. The van der Waals surface area contributed by atoms with Crippen molar-refractivity contribution in [2.75, 3.05) is 30.8 Å². The summed E-state index contributed by atoms with van der Waals surface area (Å²) in [4.78, 5) is 20.3. The van der Waals surface area contributed by atoms with Gasteiger partial charge in [0.05, 0.1) is 24.1 Å². The molecule has 0 bridgehead atoms. The number of carbonyl (C=O) groups excluding carboxylic acids is 1. The van der Waals surface area contributed by atoms with Crippen LogP contribution in [0.15, 0.2) is 30.5 Å². The van der Waals surface area contributed by atoms with Gasteiger partial charge in [-0.25, -0.2) is 4.98 Å². The van der Waals surface area contributed by atoms with E-state index in [9.17, 15) is 4.79 Å². The molecule has 1 aromatic carbocycles. The number of hydrogen-bond acceptors (Lipinski definition) is 6. The summed E-state index contributed by atoms with van der Waals surface area (Å²) in [6, 6.07) is 6.95. The maximum absolute atomic E-state index is 12.1. The molecule has 0 fully saturated rings. The SMILES string of the molecule is CNc1ncc(Cl)c(Nc2ccccc2C(=O)NCCO)n1. The lowest BCUT2D eigenvalue weighted by atomic mass is 10.1. The first-order valence-corrected chi connectivity index (χ1v) is 6.99. The molecule has 0 spiro atoms. The number of nitrogens with zero attached hydrogens (tertiary/aromatic N) is 2. The van der Waals surface area contributed by atoms with Crippen LogP contribution in [-0.4, -0.2) is 41.2 Å². The highest BCUT2D eigenvalue weighted by Crippen LogP contribution is 2.25. The molecule has 116 valence electrons. The third-order valence-electron chi connectivity index (χ3n) is 2.79. The van der Waals surface area contributed by atoms with Crippen molar-refractivity contribution in [3.63, 3.8) is 0 Å². The first kappa shape index (κ1) is 16.0. The molecule has 0 aliphatic heterocycles. The smallest absolute Gasteiger partial charge is 0.253 e. The topological polar surface area (TPSA) is 99.2 Å². The number of halogens is 1. The van der Waals surface area contributed by atoms with Crippen LogP contribution in [-0.2, 0) is 0 Å². The van der Waals surface area contributed by atoms with Gasteiger partial charge in [0.1, 0.15) is 5.02 Å². The van der Waals surface area contributed by atoms with E-state index in [2.05, 4.69) is 25.9 Å². The summed E-state index contributed by atoms with van der Waals surface area (Å²) in [7, 11) is 1.70. The van der Waals surface area contributed by atoms with Crippen LogP contribution >= 0.6 is 11.6 Å². The minimum atomic E-state index is -0.295. The Kier molecular flexibility index (Phi) is 5.51. The second kappa shape index (κ2) is 7.58. The highest BCUT2D eigenvalue weighted by molar-refractivity contribution is 6.33. The van der Waals surface area contributed by atoms with E-state index >= 15 is 0 Å². The molecule has 0 aliphatic carbocycles. The average Bonchev–Trinajstić information content (AvgIpc) is 2.55. The lowest BCUT2D eigenvalue weighted by molar-refractivity contribution is 0.0945. The molecule has 0 aliphatic rings. The van der Waals surface area contributed by atoms with Crippen LogP contribution in [0.4, 0.5) is 17.5 Å². The summed E-state index contributed by atoms with van der Waals surface area (Å²) in [5.41, 5.74) is 0.984. The number of benzene rings is 1. The molecule has 8 heteroatoms. The van der Waals surface area contributed by atoms with Gasteiger partial charge in [0.25, 0.3) is 5.91 Å². The number of aliphatic hydroxyl groups is 1. The summed E-state index contributed by atoms with van der Waals surface area (Å²) in [6.45, 7) is 0.0654. The Bertz CT molecular complexity index is 665. The molecule has 1 amide bonds. The lowest BCUT2D eigenvalue weighted by Crippen LogP contribution is -2.27. The largest absolute Gasteiger partial charge is 0.395 e. The van der Waals surface area contributed by atoms with E-state index in [4.69, 9.17) is 16.7 Å². The molecule has 0 atom stereocenters. The van der Waals surface area contributed by atoms with Crippen molar-refractivity contribution in [2.45, 2.75) is 0 Å². The Balaban J connectivity index is 2.28.